The average Bonchev–Trinajstić information content (AvgIpc) is 2.30. The highest BCUT2D eigenvalue weighted by molar-refractivity contribution is 5.98. The molecule has 0 spiro atoms. The maximum absolute atomic E-state index is 10.6. The summed E-state index contributed by atoms with van der Waals surface area (Å²) in [6, 6.07) is -0.781. The zero-order chi connectivity index (χ0) is 13.7. The van der Waals surface area contributed by atoms with Crippen LogP contribution < -0.4 is 21.3 Å². The monoisotopic (exact) mass is 256 g/mol. The van der Waals surface area contributed by atoms with Gasteiger partial charge in [-0.2, -0.15) is 0 Å². The molecule has 2 fully saturated rings. The zero-order valence-electron chi connectivity index (χ0n) is 10.2. The van der Waals surface area contributed by atoms with Gasteiger partial charge >= 0.3 is 12.1 Å². The van der Waals surface area contributed by atoms with Crippen molar-refractivity contribution in [3.05, 3.63) is 0 Å². The number of amides is 6. The number of imide groups is 2. The summed E-state index contributed by atoms with van der Waals surface area (Å²) in [7, 11) is 0. The van der Waals surface area contributed by atoms with E-state index < -0.39 is 12.1 Å². The van der Waals surface area contributed by atoms with Crippen molar-refractivity contribution in [1.29, 1.82) is 0 Å². The predicted molar refractivity (Wildman–Crippen MR) is 61.4 cm³/mol. The smallest absolute Gasteiger partial charge is 0.321 e. The Labute approximate surface area is 104 Å². The normalized spacial score (nSPS) is 27.0. The Bertz CT molecular complexity index is 346. The van der Waals surface area contributed by atoms with Gasteiger partial charge in [-0.15, -0.1) is 0 Å². The van der Waals surface area contributed by atoms with Gasteiger partial charge in [-0.3, -0.25) is 20.2 Å². The average molecular weight is 256 g/mol. The Morgan fingerprint density at radius 3 is 1.33 bits per heavy atom. The van der Waals surface area contributed by atoms with E-state index in [0.717, 1.165) is 0 Å². The Balaban J connectivity index is 0.000000180. The number of hydrogen-bond acceptors (Lipinski definition) is 4. The van der Waals surface area contributed by atoms with E-state index in [2.05, 4.69) is 21.3 Å². The SMILES string of the molecule is CC1CNC(=O)NC1=O.CC1CNC(=O)NC1=O. The maximum atomic E-state index is 10.6. The molecule has 6 amide bonds. The van der Waals surface area contributed by atoms with E-state index in [-0.39, 0.29) is 23.7 Å². The number of carbonyl (C=O) groups excluding carboxylic acids is 4. The van der Waals surface area contributed by atoms with Crippen LogP contribution >= 0.6 is 0 Å². The van der Waals surface area contributed by atoms with Crippen molar-refractivity contribution >= 4 is 23.9 Å². The molecular formula is C10H16N4O4. The fourth-order valence-corrected chi connectivity index (χ4v) is 1.24. The van der Waals surface area contributed by atoms with Crippen LogP contribution in [-0.4, -0.2) is 37.0 Å². The Kier molecular flexibility index (Phi) is 4.64. The molecule has 2 heterocycles. The minimum atomic E-state index is -0.391. The summed E-state index contributed by atoms with van der Waals surface area (Å²) < 4.78 is 0. The van der Waals surface area contributed by atoms with Crippen LogP contribution in [0.2, 0.25) is 0 Å². The van der Waals surface area contributed by atoms with Crippen molar-refractivity contribution in [3.8, 4) is 0 Å². The van der Waals surface area contributed by atoms with Gasteiger partial charge in [0.2, 0.25) is 11.8 Å². The second-order valence-electron chi connectivity index (χ2n) is 4.20. The molecule has 0 bridgehead atoms. The summed E-state index contributed by atoms with van der Waals surface area (Å²) >= 11 is 0. The van der Waals surface area contributed by atoms with Crippen LogP contribution in [0.25, 0.3) is 0 Å². The van der Waals surface area contributed by atoms with E-state index in [1.165, 1.54) is 0 Å². The molecule has 0 radical (unpaired) electrons. The van der Waals surface area contributed by atoms with Crippen LogP contribution in [0.3, 0.4) is 0 Å². The molecule has 2 atom stereocenters. The topological polar surface area (TPSA) is 116 Å². The van der Waals surface area contributed by atoms with Crippen LogP contribution in [0.4, 0.5) is 9.59 Å². The largest absolute Gasteiger partial charge is 0.337 e. The molecule has 2 saturated heterocycles. The second kappa shape index (κ2) is 5.99. The molecule has 8 nitrogen and oxygen atoms in total. The molecule has 2 rings (SSSR count). The molecular weight excluding hydrogens is 240 g/mol. The van der Waals surface area contributed by atoms with Crippen LogP contribution in [0.15, 0.2) is 0 Å². The Hall–Kier alpha value is -2.12. The first-order chi connectivity index (χ1) is 8.40. The summed E-state index contributed by atoms with van der Waals surface area (Å²) in [6.45, 7) is 4.42. The van der Waals surface area contributed by atoms with Gasteiger partial charge < -0.3 is 10.6 Å². The number of nitrogens with one attached hydrogen (secondary N) is 4. The summed E-state index contributed by atoms with van der Waals surface area (Å²) in [5.74, 6) is -0.581. The van der Waals surface area contributed by atoms with Crippen molar-refractivity contribution in [2.24, 2.45) is 11.8 Å². The quantitative estimate of drug-likeness (QED) is 0.441. The van der Waals surface area contributed by atoms with E-state index in [1.807, 2.05) is 0 Å². The highest BCUT2D eigenvalue weighted by Gasteiger charge is 2.21. The van der Waals surface area contributed by atoms with Gasteiger partial charge in [0.05, 0.1) is 11.8 Å². The van der Waals surface area contributed by atoms with Crippen molar-refractivity contribution < 1.29 is 19.2 Å². The molecule has 8 heteroatoms. The number of rotatable bonds is 0. The van der Waals surface area contributed by atoms with Gasteiger partial charge in [0.25, 0.3) is 0 Å². The minimum absolute atomic E-state index is 0.0947. The van der Waals surface area contributed by atoms with Crippen molar-refractivity contribution in [3.63, 3.8) is 0 Å². The summed E-state index contributed by atoms with van der Waals surface area (Å²) in [5, 5.41) is 9.26. The van der Waals surface area contributed by atoms with Crippen LogP contribution in [0.5, 0.6) is 0 Å². The summed E-state index contributed by atoms with van der Waals surface area (Å²) in [6.07, 6.45) is 0. The molecule has 0 aliphatic carbocycles. The lowest BCUT2D eigenvalue weighted by Crippen LogP contribution is -2.51. The van der Waals surface area contributed by atoms with Gasteiger partial charge in [-0.25, -0.2) is 9.59 Å². The van der Waals surface area contributed by atoms with Gasteiger partial charge in [0.15, 0.2) is 0 Å². The Morgan fingerprint density at radius 2 is 1.11 bits per heavy atom. The molecule has 0 saturated carbocycles. The molecule has 2 unspecified atom stereocenters. The number of urea groups is 2. The lowest BCUT2D eigenvalue weighted by Gasteiger charge is -2.17. The lowest BCUT2D eigenvalue weighted by molar-refractivity contribution is -0.124. The zero-order valence-corrected chi connectivity index (χ0v) is 10.2. The minimum Gasteiger partial charge on any atom is -0.337 e. The van der Waals surface area contributed by atoms with E-state index in [0.29, 0.717) is 13.1 Å². The third-order valence-corrected chi connectivity index (χ3v) is 2.51. The number of carbonyl (C=O) groups is 4. The molecule has 0 aromatic rings. The lowest BCUT2D eigenvalue weighted by atomic mass is 10.1. The van der Waals surface area contributed by atoms with Crippen molar-refractivity contribution in [1.82, 2.24) is 21.3 Å². The summed E-state index contributed by atoms with van der Waals surface area (Å²) in [4.78, 5) is 42.0. The predicted octanol–water partition coefficient (Wildman–Crippen LogP) is -1.08. The fourth-order valence-electron chi connectivity index (χ4n) is 1.24. The second-order valence-corrected chi connectivity index (χ2v) is 4.20. The van der Waals surface area contributed by atoms with Crippen molar-refractivity contribution in [2.45, 2.75) is 13.8 Å². The molecule has 2 aliphatic rings. The highest BCUT2D eigenvalue weighted by Crippen LogP contribution is 1.96. The van der Waals surface area contributed by atoms with Crippen LogP contribution in [0, 0.1) is 11.8 Å². The standard InChI is InChI=1S/2C5H8N2O2/c2*1-3-2-6-5(9)7-4(3)8/h2*3H,2H2,1H3,(H2,6,7,8,9). The van der Waals surface area contributed by atoms with E-state index in [1.54, 1.807) is 13.8 Å². The van der Waals surface area contributed by atoms with Gasteiger partial charge in [0.1, 0.15) is 0 Å². The maximum Gasteiger partial charge on any atom is 0.321 e. The first-order valence-corrected chi connectivity index (χ1v) is 5.57. The van der Waals surface area contributed by atoms with Gasteiger partial charge in [-0.1, -0.05) is 13.8 Å². The van der Waals surface area contributed by atoms with E-state index in [4.69, 9.17) is 0 Å². The number of hydrogen-bond donors (Lipinski definition) is 4. The highest BCUT2D eigenvalue weighted by atomic mass is 16.2. The van der Waals surface area contributed by atoms with Gasteiger partial charge in [0, 0.05) is 13.1 Å². The summed E-state index contributed by atoms with van der Waals surface area (Å²) in [5.41, 5.74) is 0. The Morgan fingerprint density at radius 1 is 0.778 bits per heavy atom. The molecule has 0 aromatic heterocycles. The molecule has 0 aromatic carbocycles. The fraction of sp³-hybridized carbons (Fsp3) is 0.600. The van der Waals surface area contributed by atoms with Gasteiger partial charge in [-0.05, 0) is 0 Å². The molecule has 4 N–H and O–H groups in total. The molecule has 18 heavy (non-hydrogen) atoms. The molecule has 100 valence electrons. The van der Waals surface area contributed by atoms with Crippen LogP contribution in [0.1, 0.15) is 13.8 Å². The van der Waals surface area contributed by atoms with E-state index >= 15 is 0 Å². The first kappa shape index (κ1) is 13.9. The van der Waals surface area contributed by atoms with Crippen LogP contribution in [-0.2, 0) is 9.59 Å². The third kappa shape index (κ3) is 4.04. The third-order valence-electron chi connectivity index (χ3n) is 2.51. The van der Waals surface area contributed by atoms with E-state index in [9.17, 15) is 19.2 Å². The van der Waals surface area contributed by atoms with Crippen molar-refractivity contribution in [2.75, 3.05) is 13.1 Å². The molecule has 2 aliphatic heterocycles. The first-order valence-electron chi connectivity index (χ1n) is 5.57.